The molecule has 0 fully saturated rings. The van der Waals surface area contributed by atoms with Gasteiger partial charge in [-0.2, -0.15) is 13.2 Å². The van der Waals surface area contributed by atoms with Crippen LogP contribution in [0.4, 0.5) is 13.2 Å². The first-order chi connectivity index (χ1) is 15.7. The van der Waals surface area contributed by atoms with Crippen molar-refractivity contribution in [2.45, 2.75) is 17.5 Å². The molecule has 1 N–H and O–H groups in total. The number of benzene rings is 3. The summed E-state index contributed by atoms with van der Waals surface area (Å²) in [4.78, 5) is 11.6. The summed E-state index contributed by atoms with van der Waals surface area (Å²) in [7, 11) is 0. The number of aliphatic carboxylic acids is 1. The molecule has 0 aromatic heterocycles. The zero-order valence-corrected chi connectivity index (χ0v) is 19.7. The van der Waals surface area contributed by atoms with Gasteiger partial charge in [-0.1, -0.05) is 60.7 Å². The fourth-order valence-electron chi connectivity index (χ4n) is 3.15. The van der Waals surface area contributed by atoms with Crippen LogP contribution in [0, 0.1) is 0 Å². The summed E-state index contributed by atoms with van der Waals surface area (Å²) in [6, 6.07) is 21.3. The molecule has 0 radical (unpaired) electrons. The fourth-order valence-corrected chi connectivity index (χ4v) is 4.64. The van der Waals surface area contributed by atoms with Gasteiger partial charge in [0.05, 0.1) is 6.42 Å². The third-order valence-corrected chi connectivity index (χ3v) is 6.44. The lowest BCUT2D eigenvalue weighted by Gasteiger charge is -2.12. The highest BCUT2D eigenvalue weighted by atomic mass is 79.9. The number of alkyl halides is 3. The first kappa shape index (κ1) is 24.9. The molecule has 0 spiro atoms. The van der Waals surface area contributed by atoms with Gasteiger partial charge in [-0.05, 0) is 56.4 Å². The van der Waals surface area contributed by atoms with E-state index in [4.69, 9.17) is 9.84 Å². The quantitative estimate of drug-likeness (QED) is 0.293. The molecule has 33 heavy (non-hydrogen) atoms. The van der Waals surface area contributed by atoms with E-state index in [1.807, 2.05) is 48.5 Å². The van der Waals surface area contributed by atoms with E-state index in [1.54, 1.807) is 24.3 Å². The Morgan fingerprint density at radius 3 is 2.39 bits per heavy atom. The first-order valence-electron chi connectivity index (χ1n) is 9.90. The maximum absolute atomic E-state index is 12.9. The highest BCUT2D eigenvalue weighted by Crippen LogP contribution is 2.33. The van der Waals surface area contributed by atoms with Gasteiger partial charge in [0.25, 0.3) is 0 Å². The number of thioether (sulfide) groups is 1. The van der Waals surface area contributed by atoms with Gasteiger partial charge in [0.1, 0.15) is 5.75 Å². The lowest BCUT2D eigenvalue weighted by atomic mass is 9.95. The molecule has 3 rings (SSSR count). The first-order valence-corrected chi connectivity index (χ1v) is 11.7. The minimum atomic E-state index is -4.27. The Labute approximate surface area is 202 Å². The number of ether oxygens (including phenoxy) is 1. The zero-order chi connectivity index (χ0) is 23.8. The molecule has 8 heteroatoms. The molecule has 3 aromatic carbocycles. The maximum Gasteiger partial charge on any atom is 0.393 e. The molecule has 0 aliphatic carbocycles. The molecule has 172 valence electrons. The summed E-state index contributed by atoms with van der Waals surface area (Å²) in [5.74, 6) is -0.0418. The standard InChI is InChI=1S/C25H20BrF3O3S/c26-22-14-20(32-16-24(30)31)9-10-23(22)33-12-11-21(18-6-2-1-3-7-18)19-8-4-5-17(13-19)15-25(27,28)29/h1-11,13-14H,12,15-16H2,(H,30,31). The Morgan fingerprint density at radius 1 is 1.00 bits per heavy atom. The van der Waals surface area contributed by atoms with Gasteiger partial charge in [0.2, 0.25) is 0 Å². The molecule has 0 heterocycles. The zero-order valence-electron chi connectivity index (χ0n) is 17.3. The number of hydrogen-bond donors (Lipinski definition) is 1. The van der Waals surface area contributed by atoms with Crippen LogP contribution in [0.1, 0.15) is 16.7 Å². The number of rotatable bonds is 9. The molecule has 3 aromatic rings. The van der Waals surface area contributed by atoms with Gasteiger partial charge in [0.15, 0.2) is 6.61 Å². The van der Waals surface area contributed by atoms with Crippen molar-refractivity contribution in [2.24, 2.45) is 0 Å². The van der Waals surface area contributed by atoms with E-state index < -0.39 is 25.2 Å². The van der Waals surface area contributed by atoms with Crippen LogP contribution in [0.3, 0.4) is 0 Å². The van der Waals surface area contributed by atoms with E-state index in [-0.39, 0.29) is 5.56 Å². The van der Waals surface area contributed by atoms with Crippen molar-refractivity contribution in [2.75, 3.05) is 12.4 Å². The third-order valence-electron chi connectivity index (χ3n) is 4.52. The molecule has 0 saturated heterocycles. The van der Waals surface area contributed by atoms with Gasteiger partial charge < -0.3 is 9.84 Å². The summed E-state index contributed by atoms with van der Waals surface area (Å²) in [6.07, 6.45) is -3.24. The third kappa shape index (κ3) is 7.98. The molecule has 0 aliphatic heterocycles. The van der Waals surface area contributed by atoms with E-state index >= 15 is 0 Å². The monoisotopic (exact) mass is 536 g/mol. The lowest BCUT2D eigenvalue weighted by molar-refractivity contribution is -0.139. The van der Waals surface area contributed by atoms with E-state index in [9.17, 15) is 18.0 Å². The highest BCUT2D eigenvalue weighted by molar-refractivity contribution is 9.10. The minimum absolute atomic E-state index is 0.217. The van der Waals surface area contributed by atoms with Gasteiger partial charge in [-0.25, -0.2) is 4.79 Å². The molecule has 0 amide bonds. The number of carbonyl (C=O) groups is 1. The van der Waals surface area contributed by atoms with Crippen LogP contribution in [-0.2, 0) is 11.2 Å². The minimum Gasteiger partial charge on any atom is -0.482 e. The van der Waals surface area contributed by atoms with E-state index in [0.29, 0.717) is 11.5 Å². The highest BCUT2D eigenvalue weighted by Gasteiger charge is 2.27. The van der Waals surface area contributed by atoms with Gasteiger partial charge in [-0.3, -0.25) is 0 Å². The van der Waals surface area contributed by atoms with Crippen molar-refractivity contribution < 1.29 is 27.8 Å². The number of hydrogen-bond acceptors (Lipinski definition) is 3. The van der Waals surface area contributed by atoms with Gasteiger partial charge in [-0.15, -0.1) is 11.8 Å². The molecular weight excluding hydrogens is 517 g/mol. The lowest BCUT2D eigenvalue weighted by Crippen LogP contribution is -2.11. The number of carboxylic acid groups (broad SMARTS) is 1. The van der Waals surface area contributed by atoms with Gasteiger partial charge in [0, 0.05) is 15.1 Å². The summed E-state index contributed by atoms with van der Waals surface area (Å²) in [6.45, 7) is -0.421. The van der Waals surface area contributed by atoms with Crippen molar-refractivity contribution in [3.63, 3.8) is 0 Å². The molecule has 0 saturated carbocycles. The largest absolute Gasteiger partial charge is 0.482 e. The Balaban J connectivity index is 1.81. The number of halogens is 4. The molecular formula is C25H20BrF3O3S. The van der Waals surface area contributed by atoms with Crippen LogP contribution in [0.25, 0.3) is 5.57 Å². The number of carboxylic acids is 1. The smallest absolute Gasteiger partial charge is 0.393 e. The summed E-state index contributed by atoms with van der Waals surface area (Å²) < 4.78 is 44.6. The molecule has 0 aliphatic rings. The van der Waals surface area contributed by atoms with Crippen molar-refractivity contribution in [1.29, 1.82) is 0 Å². The Bertz CT molecular complexity index is 1130. The average molecular weight is 537 g/mol. The van der Waals surface area contributed by atoms with Crippen molar-refractivity contribution >= 4 is 39.2 Å². The van der Waals surface area contributed by atoms with Crippen LogP contribution >= 0.6 is 27.7 Å². The van der Waals surface area contributed by atoms with Gasteiger partial charge >= 0.3 is 12.1 Å². The Morgan fingerprint density at radius 2 is 1.73 bits per heavy atom. The van der Waals surface area contributed by atoms with Crippen LogP contribution in [0.2, 0.25) is 0 Å². The van der Waals surface area contributed by atoms with Crippen molar-refractivity contribution in [3.8, 4) is 5.75 Å². The van der Waals surface area contributed by atoms with Crippen LogP contribution in [-0.4, -0.2) is 29.6 Å². The molecule has 0 bridgehead atoms. The summed E-state index contributed by atoms with van der Waals surface area (Å²) in [5, 5.41) is 8.72. The maximum atomic E-state index is 12.9. The predicted molar refractivity (Wildman–Crippen MR) is 128 cm³/mol. The fraction of sp³-hybridized carbons (Fsp3) is 0.160. The normalized spacial score (nSPS) is 11.9. The second-order valence-electron chi connectivity index (χ2n) is 7.06. The Kier molecular flexibility index (Phi) is 8.63. The second-order valence-corrected chi connectivity index (χ2v) is 8.98. The molecule has 0 atom stereocenters. The summed E-state index contributed by atoms with van der Waals surface area (Å²) in [5.41, 5.74) is 2.71. The SMILES string of the molecule is O=C(O)COc1ccc(SCC=C(c2ccccc2)c2cccc(CC(F)(F)F)c2)c(Br)c1. The van der Waals surface area contributed by atoms with E-state index in [0.717, 1.165) is 26.1 Å². The van der Waals surface area contributed by atoms with Crippen LogP contribution in [0.15, 0.2) is 88.2 Å². The average Bonchev–Trinajstić information content (AvgIpc) is 2.76. The van der Waals surface area contributed by atoms with Crippen molar-refractivity contribution in [1.82, 2.24) is 0 Å². The predicted octanol–water partition coefficient (Wildman–Crippen LogP) is 7.24. The van der Waals surface area contributed by atoms with Crippen LogP contribution in [0.5, 0.6) is 5.75 Å². The molecule has 0 unspecified atom stereocenters. The van der Waals surface area contributed by atoms with Crippen LogP contribution < -0.4 is 4.74 Å². The molecule has 3 nitrogen and oxygen atoms in total. The Hall–Kier alpha value is -2.71. The summed E-state index contributed by atoms with van der Waals surface area (Å²) >= 11 is 5.01. The van der Waals surface area contributed by atoms with E-state index in [1.165, 1.54) is 17.8 Å². The van der Waals surface area contributed by atoms with E-state index in [2.05, 4.69) is 15.9 Å². The topological polar surface area (TPSA) is 46.5 Å². The van der Waals surface area contributed by atoms with Crippen molar-refractivity contribution in [3.05, 3.63) is 100 Å². The second kappa shape index (κ2) is 11.4.